The lowest BCUT2D eigenvalue weighted by Gasteiger charge is -2.54. The van der Waals surface area contributed by atoms with Crippen LogP contribution in [0, 0.1) is 36.5 Å². The third-order valence-electron chi connectivity index (χ3n) is 7.56. The summed E-state index contributed by atoms with van der Waals surface area (Å²) < 4.78 is 28.2. The Morgan fingerprint density at radius 3 is 2.18 bits per heavy atom. The number of hydrogen-bond acceptors (Lipinski definition) is 3. The molecule has 0 amide bonds. The normalized spacial score (nSPS) is 31.9. The maximum absolute atomic E-state index is 13.1. The molecule has 1 aromatic carbocycles. The smallest absolute Gasteiger partial charge is 0.216 e. The molecule has 0 saturated heterocycles. The molecule has 4 fully saturated rings. The van der Waals surface area contributed by atoms with Crippen molar-refractivity contribution >= 4 is 15.8 Å². The first-order valence-corrected chi connectivity index (χ1v) is 12.4. The van der Waals surface area contributed by atoms with Crippen molar-refractivity contribution in [1.29, 1.82) is 0 Å². The molecule has 0 aromatic heterocycles. The number of carbonyl (C=O) groups is 1. The van der Waals surface area contributed by atoms with Gasteiger partial charge in [0.1, 0.15) is 0 Å². The minimum absolute atomic E-state index is 0.0401. The van der Waals surface area contributed by atoms with Gasteiger partial charge in [0.2, 0.25) is 10.0 Å². The van der Waals surface area contributed by atoms with Gasteiger partial charge in [0.05, 0.1) is 11.3 Å². The standard InChI is InChI=1S/C23H33NO3S/c1-15-6-4-5-7-18(15)14-28(26,27)24-23(2,3)22(25)13-21-19-9-16-8-17(11-19)12-20(21)10-16/h4-7,16-17,19-21,24H,8-14H2,1-3H3. The Morgan fingerprint density at radius 1 is 1.04 bits per heavy atom. The van der Waals surface area contributed by atoms with Crippen molar-refractivity contribution in [3.63, 3.8) is 0 Å². The van der Waals surface area contributed by atoms with Gasteiger partial charge in [-0.15, -0.1) is 0 Å². The van der Waals surface area contributed by atoms with Crippen molar-refractivity contribution in [3.05, 3.63) is 35.4 Å². The van der Waals surface area contributed by atoms with E-state index in [1.54, 1.807) is 13.8 Å². The number of sulfonamides is 1. The predicted octanol–water partition coefficient (Wildman–Crippen LogP) is 4.22. The highest BCUT2D eigenvalue weighted by Gasteiger charge is 2.49. The van der Waals surface area contributed by atoms with Gasteiger partial charge in [0.25, 0.3) is 0 Å². The number of benzene rings is 1. The first-order chi connectivity index (χ1) is 13.1. The Kier molecular flexibility index (Phi) is 5.20. The van der Waals surface area contributed by atoms with E-state index in [-0.39, 0.29) is 11.5 Å². The zero-order valence-corrected chi connectivity index (χ0v) is 18.1. The second-order valence-corrected chi connectivity index (χ2v) is 11.9. The number of carbonyl (C=O) groups excluding carboxylic acids is 1. The van der Waals surface area contributed by atoms with E-state index in [0.717, 1.165) is 23.0 Å². The van der Waals surface area contributed by atoms with Crippen molar-refractivity contribution in [2.24, 2.45) is 29.6 Å². The van der Waals surface area contributed by atoms with Crippen LogP contribution in [0.4, 0.5) is 0 Å². The van der Waals surface area contributed by atoms with Crippen LogP contribution in [-0.2, 0) is 20.6 Å². The maximum atomic E-state index is 13.1. The number of Topliss-reactive ketones (excluding diaryl/α,β-unsaturated/α-hetero) is 1. The Balaban J connectivity index is 1.41. The summed E-state index contributed by atoms with van der Waals surface area (Å²) in [5.74, 6) is 3.54. The monoisotopic (exact) mass is 403 g/mol. The fourth-order valence-electron chi connectivity index (χ4n) is 6.30. The molecule has 1 aromatic rings. The highest BCUT2D eigenvalue weighted by Crippen LogP contribution is 2.57. The molecule has 0 radical (unpaired) electrons. The highest BCUT2D eigenvalue weighted by molar-refractivity contribution is 7.88. The van der Waals surface area contributed by atoms with Crippen molar-refractivity contribution < 1.29 is 13.2 Å². The fraction of sp³-hybridized carbons (Fsp3) is 0.696. The van der Waals surface area contributed by atoms with E-state index in [0.29, 0.717) is 24.2 Å². The highest BCUT2D eigenvalue weighted by atomic mass is 32.2. The molecular formula is C23H33NO3S. The number of rotatable bonds is 7. The Hall–Kier alpha value is -1.20. The van der Waals surface area contributed by atoms with E-state index in [2.05, 4.69) is 4.72 Å². The molecule has 4 aliphatic carbocycles. The largest absolute Gasteiger partial charge is 0.298 e. The van der Waals surface area contributed by atoms with Crippen molar-refractivity contribution in [1.82, 2.24) is 4.72 Å². The third-order valence-corrected chi connectivity index (χ3v) is 9.07. The summed E-state index contributed by atoms with van der Waals surface area (Å²) in [6.07, 6.45) is 7.05. The van der Waals surface area contributed by atoms with Gasteiger partial charge < -0.3 is 0 Å². The van der Waals surface area contributed by atoms with Gasteiger partial charge in [-0.25, -0.2) is 13.1 Å². The molecule has 4 aliphatic rings. The molecule has 4 bridgehead atoms. The summed E-state index contributed by atoms with van der Waals surface area (Å²) in [5.41, 5.74) is 0.667. The van der Waals surface area contributed by atoms with Crippen LogP contribution < -0.4 is 4.72 Å². The predicted molar refractivity (Wildman–Crippen MR) is 111 cm³/mol. The first-order valence-electron chi connectivity index (χ1n) is 10.7. The lowest BCUT2D eigenvalue weighted by molar-refractivity contribution is -0.128. The number of aryl methyl sites for hydroxylation is 1. The first kappa shape index (κ1) is 20.1. The third kappa shape index (κ3) is 4.06. The van der Waals surface area contributed by atoms with Crippen LogP contribution in [0.2, 0.25) is 0 Å². The van der Waals surface area contributed by atoms with E-state index in [9.17, 15) is 13.2 Å². The van der Waals surface area contributed by atoms with E-state index >= 15 is 0 Å². The van der Waals surface area contributed by atoms with E-state index in [1.165, 1.54) is 32.1 Å². The lowest BCUT2D eigenvalue weighted by Crippen LogP contribution is -2.52. The molecule has 154 valence electrons. The van der Waals surface area contributed by atoms with Gasteiger partial charge >= 0.3 is 0 Å². The minimum atomic E-state index is -3.59. The van der Waals surface area contributed by atoms with Gasteiger partial charge in [-0.2, -0.15) is 0 Å². The zero-order chi connectivity index (χ0) is 20.1. The topological polar surface area (TPSA) is 63.2 Å². The molecule has 0 heterocycles. The molecule has 28 heavy (non-hydrogen) atoms. The van der Waals surface area contributed by atoms with Crippen molar-refractivity contribution in [2.75, 3.05) is 0 Å². The number of ketones is 1. The molecule has 4 saturated carbocycles. The average molecular weight is 404 g/mol. The molecule has 5 rings (SSSR count). The minimum Gasteiger partial charge on any atom is -0.298 e. The Bertz CT molecular complexity index is 830. The maximum Gasteiger partial charge on any atom is 0.216 e. The van der Waals surface area contributed by atoms with E-state index < -0.39 is 15.6 Å². The molecule has 5 heteroatoms. The molecule has 4 nitrogen and oxygen atoms in total. The number of nitrogens with one attached hydrogen (secondary N) is 1. The Morgan fingerprint density at radius 2 is 1.61 bits per heavy atom. The van der Waals surface area contributed by atoms with Crippen molar-refractivity contribution in [2.45, 2.75) is 70.6 Å². The van der Waals surface area contributed by atoms with Gasteiger partial charge in [-0.05, 0) is 93.6 Å². The number of hydrogen-bond donors (Lipinski definition) is 1. The van der Waals surface area contributed by atoms with Crippen LogP contribution in [0.15, 0.2) is 24.3 Å². The molecule has 0 aliphatic heterocycles. The lowest BCUT2D eigenvalue weighted by atomic mass is 9.51. The van der Waals surface area contributed by atoms with Gasteiger partial charge in [0.15, 0.2) is 5.78 Å². The summed E-state index contributed by atoms with van der Waals surface area (Å²) >= 11 is 0. The Labute approximate surface area is 169 Å². The second kappa shape index (κ2) is 7.24. The summed E-state index contributed by atoms with van der Waals surface area (Å²) in [5, 5.41) is 0. The van der Waals surface area contributed by atoms with Gasteiger partial charge in [0, 0.05) is 6.42 Å². The molecular weight excluding hydrogens is 370 g/mol. The summed E-state index contributed by atoms with van der Waals surface area (Å²) in [4.78, 5) is 13.1. The molecule has 1 N–H and O–H groups in total. The quantitative estimate of drug-likeness (QED) is 0.741. The van der Waals surface area contributed by atoms with Crippen LogP contribution in [0.1, 0.15) is 63.5 Å². The molecule has 0 unspecified atom stereocenters. The van der Waals surface area contributed by atoms with Crippen LogP contribution in [0.25, 0.3) is 0 Å². The molecule has 0 spiro atoms. The van der Waals surface area contributed by atoms with Crippen LogP contribution in [0.5, 0.6) is 0 Å². The SMILES string of the molecule is Cc1ccccc1CS(=O)(=O)NC(C)(C)C(=O)CC1C2CC3CC(C2)CC1C3. The fourth-order valence-corrected chi connectivity index (χ4v) is 8.00. The van der Waals surface area contributed by atoms with Crippen LogP contribution >= 0.6 is 0 Å². The summed E-state index contributed by atoms with van der Waals surface area (Å²) in [6, 6.07) is 7.49. The summed E-state index contributed by atoms with van der Waals surface area (Å²) in [7, 11) is -3.59. The average Bonchev–Trinajstić information content (AvgIpc) is 2.58. The zero-order valence-electron chi connectivity index (χ0n) is 17.3. The van der Waals surface area contributed by atoms with Crippen LogP contribution in [-0.4, -0.2) is 19.7 Å². The van der Waals surface area contributed by atoms with Crippen molar-refractivity contribution in [3.8, 4) is 0 Å². The molecule has 0 atom stereocenters. The second-order valence-electron chi connectivity index (χ2n) is 10.1. The van der Waals surface area contributed by atoms with E-state index in [1.807, 2.05) is 31.2 Å². The van der Waals surface area contributed by atoms with Gasteiger partial charge in [-0.3, -0.25) is 4.79 Å². The summed E-state index contributed by atoms with van der Waals surface area (Å²) in [6.45, 7) is 5.36. The van der Waals surface area contributed by atoms with E-state index in [4.69, 9.17) is 0 Å². The van der Waals surface area contributed by atoms with Gasteiger partial charge in [-0.1, -0.05) is 24.3 Å². The van der Waals surface area contributed by atoms with Crippen LogP contribution in [0.3, 0.4) is 0 Å².